The monoisotopic (exact) mass is 410 g/mol. The van der Waals surface area contributed by atoms with Gasteiger partial charge in [0.2, 0.25) is 0 Å². The highest BCUT2D eigenvalue weighted by atomic mass is 79.9. The first-order valence-electron chi connectivity index (χ1n) is 6.66. The maximum Gasteiger partial charge on any atom is 0.159 e. The van der Waals surface area contributed by atoms with Crippen LogP contribution in [0.5, 0.6) is 11.5 Å². The van der Waals surface area contributed by atoms with Gasteiger partial charge in [-0.3, -0.25) is 4.79 Å². The van der Waals surface area contributed by atoms with Gasteiger partial charge < -0.3 is 4.74 Å². The van der Waals surface area contributed by atoms with E-state index in [9.17, 15) is 4.79 Å². The predicted octanol–water partition coefficient (Wildman–Crippen LogP) is 6.33. The molecule has 0 unspecified atom stereocenters. The second-order valence-electron chi connectivity index (χ2n) is 5.14. The number of Topliss-reactive ketones (excluding diaryl/α,β-unsaturated/α-hetero) is 1. The second kappa shape index (κ2) is 6.75. The number of hydrogen-bond acceptors (Lipinski definition) is 2. The molecule has 110 valence electrons. The molecule has 0 fully saturated rings. The molecule has 0 spiro atoms. The first-order valence-corrected chi connectivity index (χ1v) is 8.25. The summed E-state index contributed by atoms with van der Waals surface area (Å²) in [6.45, 7) is 5.80. The third-order valence-corrected chi connectivity index (χ3v) is 4.27. The quantitative estimate of drug-likeness (QED) is 0.549. The van der Waals surface area contributed by atoms with Crippen LogP contribution >= 0.6 is 31.9 Å². The number of benzene rings is 2. The first-order chi connectivity index (χ1) is 9.88. The lowest BCUT2D eigenvalue weighted by Crippen LogP contribution is -1.96. The van der Waals surface area contributed by atoms with Crippen LogP contribution in [0.15, 0.2) is 45.3 Å². The van der Waals surface area contributed by atoms with Gasteiger partial charge in [0.05, 0.1) is 4.47 Å². The fourth-order valence-electron chi connectivity index (χ4n) is 1.98. The van der Waals surface area contributed by atoms with E-state index in [0.29, 0.717) is 17.2 Å². The standard InChI is InChI=1S/C17H16Br2O2/c1-10(2)14-9-13(18)5-7-16(14)21-17-6-4-12(11(3)20)8-15(17)19/h4-10H,1-3H3. The number of hydrogen-bond donors (Lipinski definition) is 0. The summed E-state index contributed by atoms with van der Waals surface area (Å²) in [6, 6.07) is 11.3. The minimum atomic E-state index is 0.0359. The molecule has 0 aliphatic carbocycles. The molecule has 2 aromatic carbocycles. The van der Waals surface area contributed by atoms with Crippen LogP contribution in [0.4, 0.5) is 0 Å². The molecule has 0 aromatic heterocycles. The topological polar surface area (TPSA) is 26.3 Å². The van der Waals surface area contributed by atoms with E-state index in [0.717, 1.165) is 20.3 Å². The average molecular weight is 412 g/mol. The summed E-state index contributed by atoms with van der Waals surface area (Å²) in [5.41, 5.74) is 1.79. The van der Waals surface area contributed by atoms with E-state index in [1.807, 2.05) is 18.2 Å². The number of halogens is 2. The van der Waals surface area contributed by atoms with Crippen LogP contribution < -0.4 is 4.74 Å². The minimum Gasteiger partial charge on any atom is -0.456 e. The van der Waals surface area contributed by atoms with Crippen molar-refractivity contribution in [2.75, 3.05) is 0 Å². The zero-order chi connectivity index (χ0) is 15.6. The molecule has 2 nitrogen and oxygen atoms in total. The molecule has 21 heavy (non-hydrogen) atoms. The summed E-state index contributed by atoms with van der Waals surface area (Å²) in [5.74, 6) is 1.91. The van der Waals surface area contributed by atoms with E-state index in [4.69, 9.17) is 4.74 Å². The summed E-state index contributed by atoms with van der Waals surface area (Å²) in [7, 11) is 0. The van der Waals surface area contributed by atoms with Gasteiger partial charge in [-0.2, -0.15) is 0 Å². The Hall–Kier alpha value is -1.13. The molecule has 0 N–H and O–H groups in total. The number of ketones is 1. The summed E-state index contributed by atoms with van der Waals surface area (Å²) in [6.07, 6.45) is 0. The van der Waals surface area contributed by atoms with Crippen molar-refractivity contribution in [3.63, 3.8) is 0 Å². The predicted molar refractivity (Wildman–Crippen MR) is 92.5 cm³/mol. The Bertz CT molecular complexity index is 678. The molecular formula is C17H16Br2O2. The molecule has 0 amide bonds. The van der Waals surface area contributed by atoms with Gasteiger partial charge in [-0.15, -0.1) is 0 Å². The van der Waals surface area contributed by atoms with Crippen molar-refractivity contribution in [3.05, 3.63) is 56.5 Å². The molecule has 0 aliphatic heterocycles. The normalized spacial score (nSPS) is 10.8. The van der Waals surface area contributed by atoms with Crippen LogP contribution in [-0.2, 0) is 0 Å². The lowest BCUT2D eigenvalue weighted by Gasteiger charge is -2.15. The smallest absolute Gasteiger partial charge is 0.159 e. The van der Waals surface area contributed by atoms with Crippen molar-refractivity contribution >= 4 is 37.6 Å². The Kier molecular flexibility index (Phi) is 5.22. The van der Waals surface area contributed by atoms with Crippen molar-refractivity contribution in [3.8, 4) is 11.5 Å². The van der Waals surface area contributed by atoms with Gasteiger partial charge in [-0.25, -0.2) is 0 Å². The fourth-order valence-corrected chi connectivity index (χ4v) is 2.82. The van der Waals surface area contributed by atoms with Crippen LogP contribution in [0.1, 0.15) is 42.6 Å². The average Bonchev–Trinajstić information content (AvgIpc) is 2.42. The zero-order valence-electron chi connectivity index (χ0n) is 12.1. The molecule has 0 saturated carbocycles. The number of ether oxygens (including phenoxy) is 1. The van der Waals surface area contributed by atoms with Crippen LogP contribution in [0.25, 0.3) is 0 Å². The van der Waals surface area contributed by atoms with E-state index < -0.39 is 0 Å². The summed E-state index contributed by atoms with van der Waals surface area (Å²) in [5, 5.41) is 0. The molecule has 0 bridgehead atoms. The highest BCUT2D eigenvalue weighted by molar-refractivity contribution is 9.10. The zero-order valence-corrected chi connectivity index (χ0v) is 15.3. The third kappa shape index (κ3) is 3.95. The van der Waals surface area contributed by atoms with Gasteiger partial charge in [0, 0.05) is 10.0 Å². The Balaban J connectivity index is 2.36. The largest absolute Gasteiger partial charge is 0.456 e. The Morgan fingerprint density at radius 3 is 2.29 bits per heavy atom. The molecule has 4 heteroatoms. The van der Waals surface area contributed by atoms with E-state index in [-0.39, 0.29) is 5.78 Å². The maximum absolute atomic E-state index is 11.4. The van der Waals surface area contributed by atoms with Crippen molar-refractivity contribution in [2.45, 2.75) is 26.7 Å². The Morgan fingerprint density at radius 1 is 1.05 bits per heavy atom. The highest BCUT2D eigenvalue weighted by Crippen LogP contribution is 2.36. The molecule has 0 radical (unpaired) electrons. The second-order valence-corrected chi connectivity index (χ2v) is 6.91. The minimum absolute atomic E-state index is 0.0359. The molecule has 0 saturated heterocycles. The molecule has 2 rings (SSSR count). The molecule has 0 heterocycles. The van der Waals surface area contributed by atoms with Crippen molar-refractivity contribution < 1.29 is 9.53 Å². The molecule has 0 atom stereocenters. The highest BCUT2D eigenvalue weighted by Gasteiger charge is 2.12. The summed E-state index contributed by atoms with van der Waals surface area (Å²) >= 11 is 6.95. The van der Waals surface area contributed by atoms with Crippen molar-refractivity contribution in [1.82, 2.24) is 0 Å². The fraction of sp³-hybridized carbons (Fsp3) is 0.235. The van der Waals surface area contributed by atoms with Crippen LogP contribution in [0, 0.1) is 0 Å². The van der Waals surface area contributed by atoms with Gasteiger partial charge in [0.25, 0.3) is 0 Å². The van der Waals surface area contributed by atoms with E-state index >= 15 is 0 Å². The van der Waals surface area contributed by atoms with Gasteiger partial charge in [0.15, 0.2) is 5.78 Å². The maximum atomic E-state index is 11.4. The van der Waals surface area contributed by atoms with Gasteiger partial charge in [-0.1, -0.05) is 29.8 Å². The summed E-state index contributed by atoms with van der Waals surface area (Å²) < 4.78 is 7.82. The van der Waals surface area contributed by atoms with E-state index in [1.54, 1.807) is 19.1 Å². The lowest BCUT2D eigenvalue weighted by atomic mass is 10.0. The summed E-state index contributed by atoms with van der Waals surface area (Å²) in [4.78, 5) is 11.4. The number of rotatable bonds is 4. The number of carbonyl (C=O) groups excluding carboxylic acids is 1. The molecule has 2 aromatic rings. The van der Waals surface area contributed by atoms with Crippen LogP contribution in [0.3, 0.4) is 0 Å². The SMILES string of the molecule is CC(=O)c1ccc(Oc2ccc(Br)cc2C(C)C)c(Br)c1. The molecular weight excluding hydrogens is 396 g/mol. The van der Waals surface area contributed by atoms with Gasteiger partial charge in [0.1, 0.15) is 11.5 Å². The van der Waals surface area contributed by atoms with Crippen molar-refractivity contribution in [2.24, 2.45) is 0 Å². The van der Waals surface area contributed by atoms with Gasteiger partial charge >= 0.3 is 0 Å². The lowest BCUT2D eigenvalue weighted by molar-refractivity contribution is 0.101. The number of carbonyl (C=O) groups is 1. The van der Waals surface area contributed by atoms with E-state index in [1.165, 1.54) is 0 Å². The van der Waals surface area contributed by atoms with Gasteiger partial charge in [-0.05, 0) is 70.7 Å². The van der Waals surface area contributed by atoms with Crippen LogP contribution in [0.2, 0.25) is 0 Å². The Labute approximate surface area is 141 Å². The van der Waals surface area contributed by atoms with E-state index in [2.05, 4.69) is 51.8 Å². The Morgan fingerprint density at radius 2 is 1.71 bits per heavy atom. The third-order valence-electron chi connectivity index (χ3n) is 3.15. The van der Waals surface area contributed by atoms with Crippen LogP contribution in [-0.4, -0.2) is 5.78 Å². The molecule has 0 aliphatic rings. The first kappa shape index (κ1) is 16.2. The van der Waals surface area contributed by atoms with Crippen molar-refractivity contribution in [1.29, 1.82) is 0 Å².